The lowest BCUT2D eigenvalue weighted by atomic mass is 9.67. The first-order chi connectivity index (χ1) is 17.1. The van der Waals surface area contributed by atoms with Crippen LogP contribution in [0.25, 0.3) is 40.3 Å². The van der Waals surface area contributed by atoms with E-state index in [1.54, 1.807) is 6.92 Å². The van der Waals surface area contributed by atoms with Gasteiger partial charge in [0.2, 0.25) is 0 Å². The standard InChI is InChI=1S/C30H32N4O2/c1-8-24-16(2)26-15-23-12-10-21(32-23)13-20-9-11-22(31-20)14-25-18(4)30(6,19(5)29(35)36)28(33-25)17(3)27(24)34(26)7/h8-15,18-19,31H,1H2,2-7H3,(H,35,36). The Morgan fingerprint density at radius 1 is 1.14 bits per heavy atom. The molecule has 0 aromatic carbocycles. The number of hydrogen-bond donors (Lipinski definition) is 2. The van der Waals surface area contributed by atoms with E-state index in [0.717, 1.165) is 61.5 Å². The average molecular weight is 481 g/mol. The molecule has 3 unspecified atom stereocenters. The van der Waals surface area contributed by atoms with Gasteiger partial charge in [-0.1, -0.05) is 33.4 Å². The molecule has 3 atom stereocenters. The number of nitrogens with zero attached hydrogens (tertiary/aromatic N) is 3. The van der Waals surface area contributed by atoms with Crippen LogP contribution in [-0.4, -0.2) is 30.6 Å². The Balaban J connectivity index is 2.01. The molecule has 2 N–H and O–H groups in total. The van der Waals surface area contributed by atoms with E-state index in [2.05, 4.69) is 43.0 Å². The smallest absolute Gasteiger partial charge is 0.307 e. The summed E-state index contributed by atoms with van der Waals surface area (Å²) in [6.07, 6.45) is 5.91. The Labute approximate surface area is 211 Å². The molecule has 6 heteroatoms. The first-order valence-electron chi connectivity index (χ1n) is 12.3. The van der Waals surface area contributed by atoms with Gasteiger partial charge < -0.3 is 14.7 Å². The maximum atomic E-state index is 12.3. The maximum Gasteiger partial charge on any atom is 0.307 e. The molecule has 6 nitrogen and oxygen atoms in total. The lowest BCUT2D eigenvalue weighted by Crippen LogP contribution is -2.38. The molecule has 3 aromatic rings. The molecule has 0 fully saturated rings. The molecule has 0 amide bonds. The third-order valence-electron chi connectivity index (χ3n) is 8.32. The van der Waals surface area contributed by atoms with Crippen molar-refractivity contribution in [3.05, 3.63) is 76.4 Å². The topological polar surface area (TPSA) is 83.8 Å². The highest BCUT2D eigenvalue weighted by molar-refractivity contribution is 5.85. The van der Waals surface area contributed by atoms with Crippen molar-refractivity contribution in [1.82, 2.24) is 19.5 Å². The zero-order valence-electron chi connectivity index (χ0n) is 21.7. The predicted molar refractivity (Wildman–Crippen MR) is 147 cm³/mol. The SMILES string of the molecule is C=Cc1c(C)c2cc3nc(cc4ccc(cc5nc(c(C)c1n2C)C(C)(C(C)C(=O)O)C5C)[nH]4)C=C3. The molecule has 0 saturated heterocycles. The van der Waals surface area contributed by atoms with Crippen molar-refractivity contribution in [3.8, 4) is 0 Å². The largest absolute Gasteiger partial charge is 0.481 e. The number of carboxylic acids is 1. The number of rotatable bonds is 3. The lowest BCUT2D eigenvalue weighted by Gasteiger charge is -2.34. The Morgan fingerprint density at radius 2 is 1.78 bits per heavy atom. The van der Waals surface area contributed by atoms with Gasteiger partial charge in [0.05, 0.1) is 28.5 Å². The Morgan fingerprint density at radius 3 is 2.42 bits per heavy atom. The molecule has 2 aliphatic rings. The van der Waals surface area contributed by atoms with Crippen molar-refractivity contribution in [2.45, 2.75) is 46.0 Å². The maximum absolute atomic E-state index is 12.3. The predicted octanol–water partition coefficient (Wildman–Crippen LogP) is 6.54. The van der Waals surface area contributed by atoms with Gasteiger partial charge in [-0.25, -0.2) is 4.98 Å². The third kappa shape index (κ3) is 3.43. The van der Waals surface area contributed by atoms with E-state index in [4.69, 9.17) is 9.97 Å². The van der Waals surface area contributed by atoms with E-state index in [-0.39, 0.29) is 5.92 Å². The molecule has 0 radical (unpaired) electrons. The van der Waals surface area contributed by atoms with Gasteiger partial charge in [0, 0.05) is 46.2 Å². The summed E-state index contributed by atoms with van der Waals surface area (Å²) < 4.78 is 2.16. The molecular formula is C30H32N4O2. The van der Waals surface area contributed by atoms with E-state index < -0.39 is 17.3 Å². The van der Waals surface area contributed by atoms with E-state index in [1.165, 1.54) is 0 Å². The van der Waals surface area contributed by atoms with E-state index in [9.17, 15) is 9.90 Å². The second-order valence-corrected chi connectivity index (χ2v) is 10.2. The van der Waals surface area contributed by atoms with Crippen molar-refractivity contribution in [3.63, 3.8) is 0 Å². The van der Waals surface area contributed by atoms with Gasteiger partial charge in [-0.15, -0.1) is 0 Å². The molecule has 36 heavy (non-hydrogen) atoms. The van der Waals surface area contributed by atoms with Crippen LogP contribution in [0, 0.1) is 19.8 Å². The van der Waals surface area contributed by atoms with Gasteiger partial charge in [-0.05, 0) is 67.5 Å². The van der Waals surface area contributed by atoms with Gasteiger partial charge in [-0.3, -0.25) is 9.78 Å². The molecule has 0 spiro atoms. The number of fused-ring (bicyclic) bond motifs is 8. The summed E-state index contributed by atoms with van der Waals surface area (Å²) in [5.74, 6) is -1.56. The second-order valence-electron chi connectivity index (χ2n) is 10.2. The van der Waals surface area contributed by atoms with E-state index in [0.29, 0.717) is 0 Å². The Hall–Kier alpha value is -3.93. The molecule has 3 aromatic heterocycles. The monoisotopic (exact) mass is 480 g/mol. The summed E-state index contributed by atoms with van der Waals surface area (Å²) in [7, 11) is 2.04. The highest BCUT2D eigenvalue weighted by Crippen LogP contribution is 2.49. The number of H-pyrrole nitrogens is 1. The number of carboxylic acid groups (broad SMARTS) is 1. The lowest BCUT2D eigenvalue weighted by molar-refractivity contribution is -0.143. The van der Waals surface area contributed by atoms with Crippen LogP contribution in [-0.2, 0) is 17.3 Å². The molecule has 184 valence electrons. The quantitative estimate of drug-likeness (QED) is 0.349. The fraction of sp³-hybridized carbons (Fsp3) is 0.300. The number of hydrogen-bond acceptors (Lipinski definition) is 3. The molecular weight excluding hydrogens is 448 g/mol. The molecule has 5 heterocycles. The Kier molecular flexibility index (Phi) is 5.51. The van der Waals surface area contributed by atoms with Crippen LogP contribution in [0.15, 0.2) is 36.9 Å². The zero-order valence-corrected chi connectivity index (χ0v) is 21.7. The summed E-state index contributed by atoms with van der Waals surface area (Å²) in [5.41, 5.74) is 9.73. The summed E-state index contributed by atoms with van der Waals surface area (Å²) in [4.78, 5) is 25.7. The summed E-state index contributed by atoms with van der Waals surface area (Å²) >= 11 is 0. The first kappa shape index (κ1) is 23.8. The normalized spacial score (nSPS) is 19.9. The first-order valence-corrected chi connectivity index (χ1v) is 12.3. The number of aryl methyl sites for hydroxylation is 3. The van der Waals surface area contributed by atoms with Crippen molar-refractivity contribution in [2.75, 3.05) is 0 Å². The van der Waals surface area contributed by atoms with Gasteiger partial charge in [0.15, 0.2) is 0 Å². The Bertz CT molecular complexity index is 1620. The van der Waals surface area contributed by atoms with Crippen LogP contribution < -0.4 is 0 Å². The van der Waals surface area contributed by atoms with Gasteiger partial charge in [0.1, 0.15) is 0 Å². The van der Waals surface area contributed by atoms with E-state index in [1.807, 2.05) is 56.5 Å². The number of aliphatic carboxylic acids is 1. The highest BCUT2D eigenvalue weighted by Gasteiger charge is 2.48. The van der Waals surface area contributed by atoms with Crippen LogP contribution in [0.4, 0.5) is 0 Å². The molecule has 5 rings (SSSR count). The second kappa shape index (κ2) is 8.33. The van der Waals surface area contributed by atoms with Gasteiger partial charge in [0.25, 0.3) is 0 Å². The van der Waals surface area contributed by atoms with Crippen LogP contribution in [0.3, 0.4) is 0 Å². The average Bonchev–Trinajstić information content (AvgIpc) is 3.58. The fourth-order valence-electron chi connectivity index (χ4n) is 5.84. The molecule has 2 aliphatic heterocycles. The fourth-order valence-corrected chi connectivity index (χ4v) is 5.84. The van der Waals surface area contributed by atoms with Crippen molar-refractivity contribution in [1.29, 1.82) is 0 Å². The van der Waals surface area contributed by atoms with E-state index >= 15 is 0 Å². The van der Waals surface area contributed by atoms with Crippen LogP contribution in [0.1, 0.15) is 66.2 Å². The van der Waals surface area contributed by atoms with Gasteiger partial charge >= 0.3 is 5.97 Å². The minimum atomic E-state index is -0.826. The van der Waals surface area contributed by atoms with Crippen LogP contribution in [0.5, 0.6) is 0 Å². The summed E-state index contributed by atoms with van der Waals surface area (Å²) in [5, 5.41) is 10.1. The van der Waals surface area contributed by atoms with Crippen LogP contribution in [0.2, 0.25) is 0 Å². The minimum absolute atomic E-state index is 0.0987. The summed E-state index contributed by atoms with van der Waals surface area (Å²) in [6.45, 7) is 14.2. The minimum Gasteiger partial charge on any atom is -0.481 e. The highest BCUT2D eigenvalue weighted by atomic mass is 16.4. The zero-order chi connectivity index (χ0) is 25.9. The van der Waals surface area contributed by atoms with Crippen LogP contribution >= 0.6 is 0 Å². The van der Waals surface area contributed by atoms with Crippen molar-refractivity contribution < 1.29 is 9.90 Å². The number of aromatic amines is 1. The summed E-state index contributed by atoms with van der Waals surface area (Å²) in [6, 6.07) is 10.2. The molecule has 8 bridgehead atoms. The van der Waals surface area contributed by atoms with Crippen molar-refractivity contribution in [2.24, 2.45) is 13.0 Å². The number of aromatic nitrogens is 4. The number of carbonyl (C=O) groups is 1. The molecule has 0 saturated carbocycles. The number of nitrogens with one attached hydrogen (secondary N) is 1. The van der Waals surface area contributed by atoms with Gasteiger partial charge in [-0.2, -0.15) is 0 Å². The van der Waals surface area contributed by atoms with Crippen molar-refractivity contribution >= 4 is 46.3 Å². The third-order valence-corrected chi connectivity index (χ3v) is 8.32. The molecule has 0 aliphatic carbocycles.